The van der Waals surface area contributed by atoms with Gasteiger partial charge in [0.1, 0.15) is 0 Å². The predicted molar refractivity (Wildman–Crippen MR) is 86.6 cm³/mol. The summed E-state index contributed by atoms with van der Waals surface area (Å²) in [6, 6.07) is 0. The third kappa shape index (κ3) is 5.90. The largest absolute Gasteiger partial charge is 0.351 e. The molecule has 0 aliphatic carbocycles. The Labute approximate surface area is 125 Å². The standard InChI is InChI=1S/C15H30N2O2Si/c1-7-9-11-16(14(5)18)20(13(3)4)17(15(6)19)12-10-8-2/h20H,3,7-12H2,1-2,4-6H3. The fourth-order valence-electron chi connectivity index (χ4n) is 2.26. The molecule has 0 aliphatic rings. The predicted octanol–water partition coefficient (Wildman–Crippen LogP) is 2.62. The van der Waals surface area contributed by atoms with E-state index in [9.17, 15) is 9.59 Å². The Balaban J connectivity index is 5.25. The van der Waals surface area contributed by atoms with Crippen molar-refractivity contribution in [2.45, 2.75) is 60.3 Å². The summed E-state index contributed by atoms with van der Waals surface area (Å²) in [6.07, 6.45) is 4.01. The summed E-state index contributed by atoms with van der Waals surface area (Å²) in [7, 11) is -1.94. The minimum Gasteiger partial charge on any atom is -0.351 e. The average molecular weight is 299 g/mol. The number of hydrogen-bond donors (Lipinski definition) is 0. The molecule has 4 nitrogen and oxygen atoms in total. The van der Waals surface area contributed by atoms with Crippen molar-refractivity contribution in [3.05, 3.63) is 11.8 Å². The van der Waals surface area contributed by atoms with E-state index in [2.05, 4.69) is 20.4 Å². The van der Waals surface area contributed by atoms with Crippen molar-refractivity contribution in [2.24, 2.45) is 0 Å². The normalized spacial score (nSPS) is 10.5. The van der Waals surface area contributed by atoms with Crippen LogP contribution in [-0.4, -0.2) is 43.2 Å². The van der Waals surface area contributed by atoms with E-state index >= 15 is 0 Å². The zero-order valence-corrected chi connectivity index (χ0v) is 14.9. The van der Waals surface area contributed by atoms with Gasteiger partial charge in [-0.2, -0.15) is 0 Å². The molecule has 5 heteroatoms. The molecular weight excluding hydrogens is 268 g/mol. The number of allylic oxidation sites excluding steroid dienone is 1. The van der Waals surface area contributed by atoms with E-state index in [-0.39, 0.29) is 11.8 Å². The Morgan fingerprint density at radius 1 is 0.900 bits per heavy atom. The molecule has 0 aromatic heterocycles. The van der Waals surface area contributed by atoms with Crippen LogP contribution in [0.1, 0.15) is 60.3 Å². The SMILES string of the molecule is C=C(C)[SiH](N(CCCC)C(C)=O)N(CCCC)C(C)=O. The van der Waals surface area contributed by atoms with Gasteiger partial charge in [0.2, 0.25) is 11.8 Å². The first-order chi connectivity index (χ1) is 9.36. The van der Waals surface area contributed by atoms with E-state index in [0.29, 0.717) is 0 Å². The van der Waals surface area contributed by atoms with Gasteiger partial charge in [-0.3, -0.25) is 9.59 Å². The highest BCUT2D eigenvalue weighted by Gasteiger charge is 2.31. The molecule has 0 saturated carbocycles. The molecule has 0 bridgehead atoms. The van der Waals surface area contributed by atoms with Crippen LogP contribution in [0.15, 0.2) is 11.8 Å². The Morgan fingerprint density at radius 3 is 1.45 bits per heavy atom. The van der Waals surface area contributed by atoms with Gasteiger partial charge in [-0.25, -0.2) is 0 Å². The topological polar surface area (TPSA) is 40.6 Å². The second kappa shape index (κ2) is 9.75. The molecule has 20 heavy (non-hydrogen) atoms. The molecule has 0 rings (SSSR count). The van der Waals surface area contributed by atoms with Crippen LogP contribution in [0.5, 0.6) is 0 Å². The maximum atomic E-state index is 12.0. The number of nitrogens with zero attached hydrogens (tertiary/aromatic N) is 2. The van der Waals surface area contributed by atoms with Crippen molar-refractivity contribution in [3.63, 3.8) is 0 Å². The average Bonchev–Trinajstić information content (AvgIpc) is 2.35. The highest BCUT2D eigenvalue weighted by molar-refractivity contribution is 6.65. The smallest absolute Gasteiger partial charge is 0.280 e. The van der Waals surface area contributed by atoms with Gasteiger partial charge in [0.15, 0.2) is 0 Å². The molecule has 2 amide bonds. The summed E-state index contributed by atoms with van der Waals surface area (Å²) in [5, 5.41) is 0.975. The summed E-state index contributed by atoms with van der Waals surface area (Å²) in [5.41, 5.74) is 0. The minimum atomic E-state index is -1.94. The van der Waals surface area contributed by atoms with Crippen LogP contribution in [0.3, 0.4) is 0 Å². The number of hydrogen-bond acceptors (Lipinski definition) is 2. The number of carbonyl (C=O) groups excluding carboxylic acids is 2. The lowest BCUT2D eigenvalue weighted by atomic mass is 10.3. The van der Waals surface area contributed by atoms with Gasteiger partial charge >= 0.3 is 0 Å². The molecule has 0 unspecified atom stereocenters. The second-order valence-electron chi connectivity index (χ2n) is 5.35. The molecule has 0 N–H and O–H groups in total. The van der Waals surface area contributed by atoms with E-state index < -0.39 is 9.12 Å². The molecule has 0 heterocycles. The van der Waals surface area contributed by atoms with Crippen molar-refractivity contribution in [1.82, 2.24) is 9.13 Å². The molecule has 0 aromatic rings. The number of carbonyl (C=O) groups is 2. The zero-order valence-electron chi connectivity index (χ0n) is 13.7. The molecule has 0 saturated heterocycles. The van der Waals surface area contributed by atoms with Gasteiger partial charge in [0.05, 0.1) is 0 Å². The second-order valence-corrected chi connectivity index (χ2v) is 8.33. The van der Waals surface area contributed by atoms with Gasteiger partial charge in [-0.05, 0) is 19.8 Å². The lowest BCUT2D eigenvalue weighted by Crippen LogP contribution is -2.57. The number of unbranched alkanes of at least 4 members (excludes halogenated alkanes) is 2. The van der Waals surface area contributed by atoms with Gasteiger partial charge in [0.25, 0.3) is 9.12 Å². The first-order valence-electron chi connectivity index (χ1n) is 7.56. The monoisotopic (exact) mass is 298 g/mol. The summed E-state index contributed by atoms with van der Waals surface area (Å²) >= 11 is 0. The van der Waals surface area contributed by atoms with E-state index in [1.807, 2.05) is 16.1 Å². The van der Waals surface area contributed by atoms with Gasteiger partial charge in [0, 0.05) is 26.9 Å². The minimum absolute atomic E-state index is 0.0564. The van der Waals surface area contributed by atoms with Crippen molar-refractivity contribution in [1.29, 1.82) is 0 Å². The molecule has 0 fully saturated rings. The Hall–Kier alpha value is -1.10. The number of amides is 2. The Kier molecular flexibility index (Phi) is 9.21. The first kappa shape index (κ1) is 18.9. The van der Waals surface area contributed by atoms with Crippen LogP contribution in [0.2, 0.25) is 0 Å². The van der Waals surface area contributed by atoms with Crippen molar-refractivity contribution in [2.75, 3.05) is 13.1 Å². The van der Waals surface area contributed by atoms with Crippen molar-refractivity contribution < 1.29 is 9.59 Å². The summed E-state index contributed by atoms with van der Waals surface area (Å²) in [5.74, 6) is 0.113. The van der Waals surface area contributed by atoms with Crippen LogP contribution in [0, 0.1) is 0 Å². The zero-order chi connectivity index (χ0) is 15.7. The van der Waals surface area contributed by atoms with Crippen molar-refractivity contribution in [3.8, 4) is 0 Å². The van der Waals surface area contributed by atoms with Gasteiger partial charge < -0.3 is 9.13 Å². The number of rotatable bonds is 9. The van der Waals surface area contributed by atoms with Crippen molar-refractivity contribution >= 4 is 20.9 Å². The molecule has 116 valence electrons. The quantitative estimate of drug-likeness (QED) is 0.614. The molecule has 0 aliphatic heterocycles. The van der Waals surface area contributed by atoms with Crippen LogP contribution in [0.25, 0.3) is 0 Å². The van der Waals surface area contributed by atoms with E-state index in [0.717, 1.165) is 44.0 Å². The van der Waals surface area contributed by atoms with Gasteiger partial charge in [-0.1, -0.05) is 31.9 Å². The summed E-state index contributed by atoms with van der Waals surface area (Å²) < 4.78 is 3.81. The molecule has 0 aromatic carbocycles. The Morgan fingerprint density at radius 2 is 1.25 bits per heavy atom. The molecule has 0 atom stereocenters. The van der Waals surface area contributed by atoms with Crippen LogP contribution in [0.4, 0.5) is 0 Å². The van der Waals surface area contributed by atoms with Crippen LogP contribution < -0.4 is 0 Å². The first-order valence-corrected chi connectivity index (χ1v) is 9.17. The molecule has 0 radical (unpaired) electrons. The fraction of sp³-hybridized carbons (Fsp3) is 0.733. The molecular formula is C15H30N2O2Si. The van der Waals surface area contributed by atoms with E-state index in [4.69, 9.17) is 0 Å². The highest BCUT2D eigenvalue weighted by atomic mass is 28.3. The third-order valence-electron chi connectivity index (χ3n) is 3.35. The van der Waals surface area contributed by atoms with Gasteiger partial charge in [-0.15, -0.1) is 6.58 Å². The maximum absolute atomic E-state index is 12.0. The van der Waals surface area contributed by atoms with Crippen LogP contribution in [-0.2, 0) is 9.59 Å². The lowest BCUT2D eigenvalue weighted by molar-refractivity contribution is -0.126. The molecule has 0 spiro atoms. The maximum Gasteiger partial charge on any atom is 0.280 e. The fourth-order valence-corrected chi connectivity index (χ4v) is 5.20. The van der Waals surface area contributed by atoms with E-state index in [1.54, 1.807) is 13.8 Å². The summed E-state index contributed by atoms with van der Waals surface area (Å²) in [6.45, 7) is 14.9. The van der Waals surface area contributed by atoms with Crippen LogP contribution >= 0.6 is 0 Å². The summed E-state index contributed by atoms with van der Waals surface area (Å²) in [4.78, 5) is 24.0. The third-order valence-corrected chi connectivity index (χ3v) is 6.65. The lowest BCUT2D eigenvalue weighted by Gasteiger charge is -2.38. The highest BCUT2D eigenvalue weighted by Crippen LogP contribution is 2.13. The van der Waals surface area contributed by atoms with E-state index in [1.165, 1.54) is 0 Å². The Bertz CT molecular complexity index is 319.